The van der Waals surface area contributed by atoms with E-state index >= 15 is 0 Å². The van der Waals surface area contributed by atoms with Gasteiger partial charge in [-0.1, -0.05) is 30.3 Å². The number of hydrogen-bond acceptors (Lipinski definition) is 7. The summed E-state index contributed by atoms with van der Waals surface area (Å²) >= 11 is 0. The number of nitriles is 1. The Morgan fingerprint density at radius 2 is 1.97 bits per heavy atom. The van der Waals surface area contributed by atoms with Crippen LogP contribution >= 0.6 is 0 Å². The Morgan fingerprint density at radius 3 is 2.63 bits per heavy atom. The average Bonchev–Trinajstić information content (AvgIpc) is 2.74. The highest BCUT2D eigenvalue weighted by Crippen LogP contribution is 2.28. The van der Waals surface area contributed by atoms with Crippen LogP contribution in [0, 0.1) is 11.3 Å². The van der Waals surface area contributed by atoms with E-state index in [1.54, 1.807) is 37.6 Å². The minimum absolute atomic E-state index is 0.00598. The third-order valence-corrected chi connectivity index (χ3v) is 4.01. The Hall–Kier alpha value is -4.12. The maximum Gasteiger partial charge on any atom is 0.270 e. The van der Waals surface area contributed by atoms with Gasteiger partial charge in [-0.05, 0) is 37.6 Å². The Bertz CT molecular complexity index is 1150. The predicted molar refractivity (Wildman–Crippen MR) is 115 cm³/mol. The molecule has 3 aromatic rings. The van der Waals surface area contributed by atoms with Crippen molar-refractivity contribution < 1.29 is 9.47 Å². The third kappa shape index (κ3) is 4.83. The molecule has 152 valence electrons. The molecule has 0 unspecified atom stereocenters. The van der Waals surface area contributed by atoms with Crippen LogP contribution in [-0.4, -0.2) is 29.4 Å². The van der Waals surface area contributed by atoms with Crippen LogP contribution in [0.3, 0.4) is 0 Å². The number of nitrogens with zero attached hydrogens (tertiary/aromatic N) is 3. The summed E-state index contributed by atoms with van der Waals surface area (Å²) in [6, 6.07) is 16.3. The molecule has 0 atom stereocenters. The maximum absolute atomic E-state index is 12.3. The van der Waals surface area contributed by atoms with Gasteiger partial charge in [0.05, 0.1) is 25.1 Å². The summed E-state index contributed by atoms with van der Waals surface area (Å²) in [5.74, 6) is 1.35. The number of anilines is 1. The molecule has 0 saturated carbocycles. The van der Waals surface area contributed by atoms with Crippen LogP contribution in [0.15, 0.2) is 58.4 Å². The van der Waals surface area contributed by atoms with E-state index in [4.69, 9.17) is 9.47 Å². The lowest BCUT2D eigenvalue weighted by Gasteiger charge is -2.13. The first-order chi connectivity index (χ1) is 14.5. The zero-order chi connectivity index (χ0) is 21.5. The maximum atomic E-state index is 12.3. The lowest BCUT2D eigenvalue weighted by molar-refractivity contribution is 0.230. The quantitative estimate of drug-likeness (QED) is 0.461. The summed E-state index contributed by atoms with van der Waals surface area (Å²) in [5, 5.41) is 13.5. The van der Waals surface area contributed by atoms with Crippen LogP contribution in [0.1, 0.15) is 25.0 Å². The van der Waals surface area contributed by atoms with E-state index in [-0.39, 0.29) is 23.3 Å². The number of hydrazone groups is 1. The molecular formula is C22H21N5O3. The zero-order valence-electron chi connectivity index (χ0n) is 16.8. The first-order valence-corrected chi connectivity index (χ1v) is 9.25. The van der Waals surface area contributed by atoms with Crippen LogP contribution in [0.4, 0.5) is 5.95 Å². The Kier molecular flexibility index (Phi) is 6.45. The molecule has 8 nitrogen and oxygen atoms in total. The number of nitrogens with one attached hydrogen (secondary N) is 2. The smallest absolute Gasteiger partial charge is 0.270 e. The summed E-state index contributed by atoms with van der Waals surface area (Å²) in [7, 11) is 1.58. The predicted octanol–water partition coefficient (Wildman–Crippen LogP) is 3.55. The van der Waals surface area contributed by atoms with Gasteiger partial charge in [-0.2, -0.15) is 10.4 Å². The van der Waals surface area contributed by atoms with Gasteiger partial charge in [0.25, 0.3) is 5.56 Å². The average molecular weight is 403 g/mol. The van der Waals surface area contributed by atoms with Crippen molar-refractivity contribution >= 4 is 12.2 Å². The lowest BCUT2D eigenvalue weighted by atomic mass is 10.1. The van der Waals surface area contributed by atoms with Gasteiger partial charge in [0.2, 0.25) is 5.95 Å². The topological polar surface area (TPSA) is 112 Å². The van der Waals surface area contributed by atoms with Crippen molar-refractivity contribution in [1.29, 1.82) is 5.26 Å². The molecule has 2 N–H and O–H groups in total. The van der Waals surface area contributed by atoms with E-state index < -0.39 is 5.56 Å². The van der Waals surface area contributed by atoms with Crippen LogP contribution in [0.2, 0.25) is 0 Å². The molecule has 1 aromatic heterocycles. The second-order valence-corrected chi connectivity index (χ2v) is 6.56. The largest absolute Gasteiger partial charge is 0.493 e. The highest BCUT2D eigenvalue weighted by molar-refractivity contribution is 5.81. The molecule has 0 aliphatic heterocycles. The molecule has 0 saturated heterocycles. The molecule has 0 aliphatic carbocycles. The SMILES string of the molecule is COc1ccc(C=NNc2nc(-c3ccccc3)c(C#N)c(=O)[nH]2)cc1OC(C)C. The minimum atomic E-state index is -0.541. The highest BCUT2D eigenvalue weighted by atomic mass is 16.5. The first-order valence-electron chi connectivity index (χ1n) is 9.25. The number of aromatic nitrogens is 2. The van der Waals surface area contributed by atoms with Crippen molar-refractivity contribution in [3.05, 3.63) is 70.0 Å². The van der Waals surface area contributed by atoms with Crippen molar-refractivity contribution in [2.45, 2.75) is 20.0 Å². The molecule has 2 aromatic carbocycles. The number of hydrogen-bond donors (Lipinski definition) is 2. The van der Waals surface area contributed by atoms with E-state index in [1.165, 1.54) is 0 Å². The molecule has 0 amide bonds. The summed E-state index contributed by atoms with van der Waals surface area (Å²) in [5.41, 5.74) is 3.83. The molecule has 0 bridgehead atoms. The van der Waals surface area contributed by atoms with Gasteiger partial charge in [0.1, 0.15) is 11.6 Å². The lowest BCUT2D eigenvalue weighted by Crippen LogP contribution is -2.16. The highest BCUT2D eigenvalue weighted by Gasteiger charge is 2.13. The molecular weight excluding hydrogens is 382 g/mol. The summed E-state index contributed by atoms with van der Waals surface area (Å²) < 4.78 is 11.1. The monoisotopic (exact) mass is 403 g/mol. The third-order valence-electron chi connectivity index (χ3n) is 4.01. The number of ether oxygens (including phenoxy) is 2. The fourth-order valence-corrected chi connectivity index (χ4v) is 2.72. The Balaban J connectivity index is 1.86. The fourth-order valence-electron chi connectivity index (χ4n) is 2.72. The van der Waals surface area contributed by atoms with Gasteiger partial charge < -0.3 is 9.47 Å². The van der Waals surface area contributed by atoms with Crippen molar-refractivity contribution in [3.63, 3.8) is 0 Å². The molecule has 0 aliphatic rings. The van der Waals surface area contributed by atoms with Gasteiger partial charge in [-0.3, -0.25) is 9.78 Å². The standard InChI is InChI=1S/C22H21N5O3/c1-14(2)30-19-11-15(9-10-18(19)29-3)13-24-27-22-25-20(16-7-5-4-6-8-16)17(12-23)21(28)26-22/h4-11,13-14H,1-3H3,(H2,25,26,27,28). The molecule has 0 spiro atoms. The van der Waals surface area contributed by atoms with Crippen molar-refractivity contribution in [1.82, 2.24) is 9.97 Å². The van der Waals surface area contributed by atoms with E-state index in [9.17, 15) is 10.1 Å². The van der Waals surface area contributed by atoms with E-state index in [2.05, 4.69) is 20.5 Å². The summed E-state index contributed by atoms with van der Waals surface area (Å²) in [4.78, 5) is 19.1. The summed E-state index contributed by atoms with van der Waals surface area (Å²) in [6.45, 7) is 3.86. The second kappa shape index (κ2) is 9.39. The van der Waals surface area contributed by atoms with Gasteiger partial charge in [0.15, 0.2) is 11.5 Å². The summed E-state index contributed by atoms with van der Waals surface area (Å²) in [6.07, 6.45) is 1.56. The van der Waals surface area contributed by atoms with Crippen LogP contribution in [0.25, 0.3) is 11.3 Å². The van der Waals surface area contributed by atoms with Gasteiger partial charge in [-0.15, -0.1) is 0 Å². The normalized spacial score (nSPS) is 10.8. The molecule has 1 heterocycles. The van der Waals surface area contributed by atoms with E-state index in [1.807, 2.05) is 44.2 Å². The first kappa shape index (κ1) is 20.6. The van der Waals surface area contributed by atoms with Crippen molar-refractivity contribution in [2.24, 2.45) is 5.10 Å². The van der Waals surface area contributed by atoms with E-state index in [0.717, 1.165) is 5.56 Å². The minimum Gasteiger partial charge on any atom is -0.493 e. The van der Waals surface area contributed by atoms with Crippen molar-refractivity contribution in [2.75, 3.05) is 12.5 Å². The Labute approximate surface area is 173 Å². The number of aromatic amines is 1. The molecule has 0 fully saturated rings. The van der Waals surface area contributed by atoms with Gasteiger partial charge in [0, 0.05) is 5.56 Å². The second-order valence-electron chi connectivity index (χ2n) is 6.56. The Morgan fingerprint density at radius 1 is 1.20 bits per heavy atom. The van der Waals surface area contributed by atoms with Gasteiger partial charge >= 0.3 is 0 Å². The van der Waals surface area contributed by atoms with E-state index in [0.29, 0.717) is 17.1 Å². The van der Waals surface area contributed by atoms with Gasteiger partial charge in [-0.25, -0.2) is 10.4 Å². The molecule has 3 rings (SSSR count). The molecule has 8 heteroatoms. The van der Waals surface area contributed by atoms with Crippen LogP contribution in [-0.2, 0) is 0 Å². The van der Waals surface area contributed by atoms with Crippen LogP contribution in [0.5, 0.6) is 11.5 Å². The molecule has 0 radical (unpaired) electrons. The zero-order valence-corrected chi connectivity index (χ0v) is 16.8. The number of H-pyrrole nitrogens is 1. The van der Waals surface area contributed by atoms with Crippen LogP contribution < -0.4 is 20.5 Å². The number of benzene rings is 2. The molecule has 30 heavy (non-hydrogen) atoms. The van der Waals surface area contributed by atoms with Crippen molar-refractivity contribution in [3.8, 4) is 28.8 Å². The fraction of sp³-hybridized carbons (Fsp3) is 0.182. The number of rotatable bonds is 7. The number of methoxy groups -OCH3 is 1.